The molecule has 2 heterocycles. The molecule has 0 bridgehead atoms. The molecule has 3 rings (SSSR count). The highest BCUT2D eigenvalue weighted by molar-refractivity contribution is 7.99. The van der Waals surface area contributed by atoms with E-state index < -0.39 is 5.60 Å². The van der Waals surface area contributed by atoms with Crippen LogP contribution in [0.4, 0.5) is 0 Å². The van der Waals surface area contributed by atoms with Crippen LogP contribution in [0.5, 0.6) is 0 Å². The lowest BCUT2D eigenvalue weighted by molar-refractivity contribution is -0.154. The van der Waals surface area contributed by atoms with Gasteiger partial charge in [-0.25, -0.2) is 4.98 Å². The maximum absolute atomic E-state index is 12.2. The van der Waals surface area contributed by atoms with Gasteiger partial charge in [0.15, 0.2) is 16.5 Å². The van der Waals surface area contributed by atoms with E-state index in [1.807, 2.05) is 24.3 Å². The van der Waals surface area contributed by atoms with Gasteiger partial charge in [0.1, 0.15) is 0 Å². The van der Waals surface area contributed by atoms with Crippen LogP contribution in [0.25, 0.3) is 11.0 Å². The number of nitrogens with one attached hydrogen (secondary N) is 1. The summed E-state index contributed by atoms with van der Waals surface area (Å²) in [5.74, 6) is -0.132. The van der Waals surface area contributed by atoms with Gasteiger partial charge in [-0.3, -0.25) is 9.59 Å². The Morgan fingerprint density at radius 2 is 2.30 bits per heavy atom. The fourth-order valence-electron chi connectivity index (χ4n) is 2.17. The van der Waals surface area contributed by atoms with Crippen LogP contribution in [0.2, 0.25) is 0 Å². The maximum atomic E-state index is 12.2. The number of hydrogen-bond donors (Lipinski definition) is 1. The SMILES string of the molecule is C[C@@]1(C(=O)CSc2nc3ccccc3[nH]2)CCC(=O)O1. The lowest BCUT2D eigenvalue weighted by Gasteiger charge is -2.20. The summed E-state index contributed by atoms with van der Waals surface area (Å²) in [7, 11) is 0. The van der Waals surface area contributed by atoms with Crippen molar-refractivity contribution in [2.24, 2.45) is 0 Å². The average molecular weight is 290 g/mol. The lowest BCUT2D eigenvalue weighted by Crippen LogP contribution is -2.36. The summed E-state index contributed by atoms with van der Waals surface area (Å²) in [6.45, 7) is 1.68. The molecule has 0 saturated carbocycles. The number of esters is 1. The number of nitrogens with zero attached hydrogens (tertiary/aromatic N) is 1. The van der Waals surface area contributed by atoms with Crippen LogP contribution in [-0.4, -0.2) is 33.1 Å². The minimum Gasteiger partial charge on any atom is -0.451 e. The number of H-pyrrole nitrogens is 1. The molecule has 1 saturated heterocycles. The number of benzene rings is 1. The molecule has 0 radical (unpaired) electrons. The quantitative estimate of drug-likeness (QED) is 0.691. The molecule has 5 nitrogen and oxygen atoms in total. The van der Waals surface area contributed by atoms with Crippen LogP contribution < -0.4 is 0 Å². The summed E-state index contributed by atoms with van der Waals surface area (Å²) >= 11 is 1.33. The Morgan fingerprint density at radius 1 is 1.50 bits per heavy atom. The number of ketones is 1. The summed E-state index contributed by atoms with van der Waals surface area (Å²) in [5.41, 5.74) is 0.859. The molecule has 20 heavy (non-hydrogen) atoms. The van der Waals surface area contributed by atoms with Gasteiger partial charge in [-0.15, -0.1) is 0 Å². The Bertz CT molecular complexity index is 649. The molecule has 0 aliphatic carbocycles. The van der Waals surface area contributed by atoms with Gasteiger partial charge in [-0.05, 0) is 19.1 Å². The number of aromatic nitrogens is 2. The zero-order valence-electron chi connectivity index (χ0n) is 11.0. The van der Waals surface area contributed by atoms with Crippen molar-refractivity contribution < 1.29 is 14.3 Å². The Hall–Kier alpha value is -1.82. The summed E-state index contributed by atoms with van der Waals surface area (Å²) in [5, 5.41) is 0.701. The van der Waals surface area contributed by atoms with E-state index in [4.69, 9.17) is 4.74 Å². The van der Waals surface area contributed by atoms with E-state index in [2.05, 4.69) is 9.97 Å². The molecular formula is C14H14N2O3S. The van der Waals surface area contributed by atoms with E-state index in [1.165, 1.54) is 11.8 Å². The second-order valence-electron chi connectivity index (χ2n) is 4.98. The van der Waals surface area contributed by atoms with Crippen LogP contribution in [0.1, 0.15) is 19.8 Å². The third-order valence-electron chi connectivity index (χ3n) is 3.44. The molecule has 1 fully saturated rings. The zero-order valence-corrected chi connectivity index (χ0v) is 11.8. The van der Waals surface area contributed by atoms with E-state index in [-0.39, 0.29) is 17.5 Å². The van der Waals surface area contributed by atoms with E-state index in [1.54, 1.807) is 6.92 Å². The molecule has 2 aromatic rings. The second kappa shape index (κ2) is 4.94. The number of ether oxygens (including phenoxy) is 1. The Morgan fingerprint density at radius 3 is 3.00 bits per heavy atom. The van der Waals surface area contributed by atoms with Gasteiger partial charge in [0.25, 0.3) is 0 Å². The standard InChI is InChI=1S/C14H14N2O3S/c1-14(7-6-12(18)19-14)11(17)8-20-13-15-9-4-2-3-5-10(9)16-13/h2-5H,6-8H2,1H3,(H,15,16)/t14-/m0/s1. The largest absolute Gasteiger partial charge is 0.451 e. The van der Waals surface area contributed by atoms with Crippen molar-refractivity contribution in [2.75, 3.05) is 5.75 Å². The van der Waals surface area contributed by atoms with E-state index in [0.717, 1.165) is 11.0 Å². The lowest BCUT2D eigenvalue weighted by atomic mass is 9.98. The van der Waals surface area contributed by atoms with Crippen molar-refractivity contribution in [3.63, 3.8) is 0 Å². The van der Waals surface area contributed by atoms with Crippen LogP contribution in [0.3, 0.4) is 0 Å². The average Bonchev–Trinajstić information content (AvgIpc) is 2.99. The summed E-state index contributed by atoms with van der Waals surface area (Å²) in [6.07, 6.45) is 0.781. The van der Waals surface area contributed by atoms with Crippen LogP contribution in [-0.2, 0) is 14.3 Å². The highest BCUT2D eigenvalue weighted by Crippen LogP contribution is 2.29. The maximum Gasteiger partial charge on any atom is 0.306 e. The minimum atomic E-state index is -0.962. The van der Waals surface area contributed by atoms with Gasteiger partial charge < -0.3 is 9.72 Å². The number of Topliss-reactive ketones (excluding diaryl/α,β-unsaturated/α-hetero) is 1. The van der Waals surface area contributed by atoms with Gasteiger partial charge in [0, 0.05) is 12.8 Å². The molecule has 1 aromatic heterocycles. The molecule has 1 aliphatic rings. The van der Waals surface area contributed by atoms with Crippen molar-refractivity contribution in [1.82, 2.24) is 9.97 Å². The molecule has 0 unspecified atom stereocenters. The fourth-order valence-corrected chi connectivity index (χ4v) is 3.09. The highest BCUT2D eigenvalue weighted by atomic mass is 32.2. The number of fused-ring (bicyclic) bond motifs is 1. The monoisotopic (exact) mass is 290 g/mol. The molecule has 104 valence electrons. The number of cyclic esters (lactones) is 1. The molecule has 1 aromatic carbocycles. The van der Waals surface area contributed by atoms with E-state index >= 15 is 0 Å². The number of thioether (sulfide) groups is 1. The van der Waals surface area contributed by atoms with Gasteiger partial charge in [-0.1, -0.05) is 23.9 Å². The van der Waals surface area contributed by atoms with Crippen molar-refractivity contribution in [3.8, 4) is 0 Å². The predicted octanol–water partition coefficient (Wildman–Crippen LogP) is 2.32. The number of para-hydroxylation sites is 2. The van der Waals surface area contributed by atoms with Crippen LogP contribution in [0.15, 0.2) is 29.4 Å². The van der Waals surface area contributed by atoms with E-state index in [0.29, 0.717) is 18.0 Å². The molecule has 1 aliphatic heterocycles. The third kappa shape index (κ3) is 2.43. The normalized spacial score (nSPS) is 22.1. The minimum absolute atomic E-state index is 0.0752. The molecule has 0 spiro atoms. The van der Waals surface area contributed by atoms with Gasteiger partial charge in [0.2, 0.25) is 0 Å². The first kappa shape index (κ1) is 13.2. The first-order chi connectivity index (χ1) is 9.57. The zero-order chi connectivity index (χ0) is 14.2. The van der Waals surface area contributed by atoms with Crippen molar-refractivity contribution in [3.05, 3.63) is 24.3 Å². The molecule has 6 heteroatoms. The van der Waals surface area contributed by atoms with Crippen molar-refractivity contribution in [1.29, 1.82) is 0 Å². The van der Waals surface area contributed by atoms with E-state index in [9.17, 15) is 9.59 Å². The fraction of sp³-hybridized carbons (Fsp3) is 0.357. The predicted molar refractivity (Wildman–Crippen MR) is 75.6 cm³/mol. The molecular weight excluding hydrogens is 276 g/mol. The summed E-state index contributed by atoms with van der Waals surface area (Å²) < 4.78 is 5.13. The van der Waals surface area contributed by atoms with Crippen LogP contribution >= 0.6 is 11.8 Å². The Labute approximate surface area is 120 Å². The van der Waals surface area contributed by atoms with Gasteiger partial charge in [-0.2, -0.15) is 0 Å². The van der Waals surface area contributed by atoms with Crippen molar-refractivity contribution >= 4 is 34.5 Å². The number of aromatic amines is 1. The topological polar surface area (TPSA) is 72.0 Å². The second-order valence-corrected chi connectivity index (χ2v) is 5.94. The van der Waals surface area contributed by atoms with Crippen molar-refractivity contribution in [2.45, 2.75) is 30.5 Å². The van der Waals surface area contributed by atoms with Gasteiger partial charge >= 0.3 is 5.97 Å². The number of rotatable bonds is 4. The highest BCUT2D eigenvalue weighted by Gasteiger charge is 2.42. The number of carbonyl (C=O) groups excluding carboxylic acids is 2. The summed E-state index contributed by atoms with van der Waals surface area (Å²) in [4.78, 5) is 30.9. The van der Waals surface area contributed by atoms with Crippen LogP contribution in [0, 0.1) is 0 Å². The molecule has 1 atom stereocenters. The number of imidazole rings is 1. The Kier molecular flexibility index (Phi) is 3.25. The first-order valence-electron chi connectivity index (χ1n) is 6.39. The number of hydrogen-bond acceptors (Lipinski definition) is 5. The van der Waals surface area contributed by atoms with Gasteiger partial charge in [0.05, 0.1) is 16.8 Å². The first-order valence-corrected chi connectivity index (χ1v) is 7.38. The molecule has 1 N–H and O–H groups in total. The molecule has 0 amide bonds. The summed E-state index contributed by atoms with van der Waals surface area (Å²) in [6, 6.07) is 7.70. The Balaban J connectivity index is 1.67. The number of carbonyl (C=O) groups is 2. The smallest absolute Gasteiger partial charge is 0.306 e. The third-order valence-corrected chi connectivity index (χ3v) is 4.32.